The van der Waals surface area contributed by atoms with Crippen molar-refractivity contribution >= 4 is 24.0 Å². The first-order valence-corrected chi connectivity index (χ1v) is 3.39. The Morgan fingerprint density at radius 2 is 2.00 bits per heavy atom. The van der Waals surface area contributed by atoms with Gasteiger partial charge >= 0.3 is 0 Å². The lowest BCUT2D eigenvalue weighted by atomic mass is 10.4. The van der Waals surface area contributed by atoms with E-state index in [0.29, 0.717) is 0 Å². The van der Waals surface area contributed by atoms with Crippen molar-refractivity contribution in [2.24, 2.45) is 9.98 Å². The Morgan fingerprint density at radius 3 is 2.50 bits per heavy atom. The lowest BCUT2D eigenvalue weighted by Gasteiger charge is -2.12. The summed E-state index contributed by atoms with van der Waals surface area (Å²) in [4.78, 5) is 7.94. The van der Waals surface area contributed by atoms with Crippen LogP contribution in [-0.2, 0) is 0 Å². The van der Waals surface area contributed by atoms with Crippen molar-refractivity contribution in [1.82, 2.24) is 10.9 Å². The summed E-state index contributed by atoms with van der Waals surface area (Å²) in [5.74, 6) is 0. The minimum atomic E-state index is -0.222. The minimum Gasteiger partial charge on any atom is -0.258 e. The maximum absolute atomic E-state index is 5.64. The van der Waals surface area contributed by atoms with Crippen molar-refractivity contribution in [3.8, 4) is 0 Å². The molecule has 1 aliphatic rings. The van der Waals surface area contributed by atoms with Gasteiger partial charge in [-0.25, -0.2) is 5.43 Å². The van der Waals surface area contributed by atoms with E-state index < -0.39 is 0 Å². The summed E-state index contributed by atoms with van der Waals surface area (Å²) in [6, 6.07) is 0. The van der Waals surface area contributed by atoms with Gasteiger partial charge in [0.15, 0.2) is 0 Å². The number of nitrogens with zero attached hydrogens (tertiary/aromatic N) is 2. The van der Waals surface area contributed by atoms with Crippen molar-refractivity contribution in [1.29, 1.82) is 0 Å². The molecule has 0 spiro atoms. The largest absolute Gasteiger partial charge is 0.258 e. The van der Waals surface area contributed by atoms with E-state index in [4.69, 9.17) is 11.6 Å². The fourth-order valence-corrected chi connectivity index (χ4v) is 0.738. The molecule has 0 unspecified atom stereocenters. The third kappa shape index (κ3) is 2.06. The quantitative estimate of drug-likeness (QED) is 0.433. The Labute approximate surface area is 64.4 Å². The normalized spacial score (nSPS) is 31.0. The molecule has 0 aromatic rings. The van der Waals surface area contributed by atoms with Crippen LogP contribution in [0.25, 0.3) is 0 Å². The van der Waals surface area contributed by atoms with Crippen LogP contribution in [0.15, 0.2) is 9.98 Å². The second-order valence-corrected chi connectivity index (χ2v) is 2.31. The zero-order valence-electron chi connectivity index (χ0n) is 5.58. The molecule has 0 aliphatic carbocycles. The molecule has 0 aromatic carbocycles. The molecule has 10 heavy (non-hydrogen) atoms. The maximum atomic E-state index is 5.64. The molecule has 1 rings (SSSR count). The summed E-state index contributed by atoms with van der Waals surface area (Å²) in [5.41, 5.74) is 5.53. The molecule has 2 N–H and O–H groups in total. The summed E-state index contributed by atoms with van der Waals surface area (Å²) in [6.45, 7) is 0. The summed E-state index contributed by atoms with van der Waals surface area (Å²) in [6.07, 6.45) is 3.06. The molecule has 0 fully saturated rings. The summed E-state index contributed by atoms with van der Waals surface area (Å²) in [5, 5.41) is -0.157. The molecule has 5 heteroatoms. The van der Waals surface area contributed by atoms with E-state index in [9.17, 15) is 0 Å². The molecule has 1 aliphatic heterocycles. The van der Waals surface area contributed by atoms with Gasteiger partial charge in [0.2, 0.25) is 6.29 Å². The summed E-state index contributed by atoms with van der Waals surface area (Å²) in [7, 11) is 1.76. The highest BCUT2D eigenvalue weighted by molar-refractivity contribution is 6.36. The van der Waals surface area contributed by atoms with Gasteiger partial charge < -0.3 is 0 Å². The molecule has 1 heterocycles. The van der Waals surface area contributed by atoms with Gasteiger partial charge in [-0.15, -0.1) is 11.6 Å². The van der Waals surface area contributed by atoms with E-state index in [0.717, 1.165) is 0 Å². The van der Waals surface area contributed by atoms with Crippen molar-refractivity contribution in [2.75, 3.05) is 7.05 Å². The van der Waals surface area contributed by atoms with Crippen LogP contribution >= 0.6 is 11.6 Å². The molecule has 0 saturated carbocycles. The van der Waals surface area contributed by atoms with E-state index >= 15 is 0 Å². The Kier molecular flexibility index (Phi) is 2.80. The van der Waals surface area contributed by atoms with Gasteiger partial charge in [0.1, 0.15) is 5.38 Å². The number of aliphatic imine (C=N–C) groups is 2. The number of hydrogen-bond acceptors (Lipinski definition) is 4. The standard InChI is InChI=1S/C5H9ClN4/c1-7-10-5-8-2-4(6)3-9-5/h2-5,7,10H,1H3. The van der Waals surface area contributed by atoms with Gasteiger partial charge in [0, 0.05) is 12.4 Å². The maximum Gasteiger partial charge on any atom is 0.205 e. The molecule has 0 atom stereocenters. The monoisotopic (exact) mass is 160 g/mol. The van der Waals surface area contributed by atoms with Crippen LogP contribution in [0.1, 0.15) is 0 Å². The van der Waals surface area contributed by atoms with E-state index in [1.165, 1.54) is 0 Å². The first-order valence-electron chi connectivity index (χ1n) is 2.96. The number of nitrogens with one attached hydrogen (secondary N) is 2. The zero-order valence-corrected chi connectivity index (χ0v) is 6.34. The fourth-order valence-electron chi connectivity index (χ4n) is 0.608. The lowest BCUT2D eigenvalue weighted by Crippen LogP contribution is -2.37. The SMILES string of the molecule is CNNC1N=CC(Cl)C=N1. The molecule has 0 radical (unpaired) electrons. The average molecular weight is 161 g/mol. The van der Waals surface area contributed by atoms with Crippen LogP contribution in [0.4, 0.5) is 0 Å². The predicted octanol–water partition coefficient (Wildman–Crippen LogP) is -0.243. The van der Waals surface area contributed by atoms with Gasteiger partial charge in [-0.2, -0.15) is 0 Å². The third-order valence-electron chi connectivity index (χ3n) is 1.01. The van der Waals surface area contributed by atoms with Crippen LogP contribution < -0.4 is 10.9 Å². The topological polar surface area (TPSA) is 48.8 Å². The van der Waals surface area contributed by atoms with Crippen LogP contribution in [-0.4, -0.2) is 31.1 Å². The molecular weight excluding hydrogens is 152 g/mol. The highest BCUT2D eigenvalue weighted by Gasteiger charge is 2.06. The summed E-state index contributed by atoms with van der Waals surface area (Å²) < 4.78 is 0. The first kappa shape index (κ1) is 7.65. The molecule has 0 saturated heterocycles. The van der Waals surface area contributed by atoms with Gasteiger partial charge in [0.05, 0.1) is 0 Å². The third-order valence-corrected chi connectivity index (χ3v) is 1.24. The van der Waals surface area contributed by atoms with Crippen molar-refractivity contribution in [3.63, 3.8) is 0 Å². The Balaban J connectivity index is 2.38. The van der Waals surface area contributed by atoms with Gasteiger partial charge in [0.25, 0.3) is 0 Å². The Bertz CT molecular complexity index is 142. The van der Waals surface area contributed by atoms with Crippen LogP contribution in [0.3, 0.4) is 0 Å². The van der Waals surface area contributed by atoms with Crippen LogP contribution in [0.2, 0.25) is 0 Å². The molecule has 0 amide bonds. The fraction of sp³-hybridized carbons (Fsp3) is 0.600. The number of alkyl halides is 1. The van der Waals surface area contributed by atoms with E-state index in [1.54, 1.807) is 19.5 Å². The molecule has 0 aromatic heterocycles. The van der Waals surface area contributed by atoms with Crippen LogP contribution in [0, 0.1) is 0 Å². The molecular formula is C5H9ClN4. The second-order valence-electron chi connectivity index (χ2n) is 1.81. The second kappa shape index (κ2) is 3.65. The smallest absolute Gasteiger partial charge is 0.205 e. The highest BCUT2D eigenvalue weighted by Crippen LogP contribution is 1.97. The zero-order chi connectivity index (χ0) is 7.40. The Morgan fingerprint density at radius 1 is 1.40 bits per heavy atom. The predicted molar refractivity (Wildman–Crippen MR) is 42.6 cm³/mol. The first-order chi connectivity index (χ1) is 4.83. The van der Waals surface area contributed by atoms with Crippen molar-refractivity contribution < 1.29 is 0 Å². The lowest BCUT2D eigenvalue weighted by molar-refractivity contribution is 0.488. The number of hydrogen-bond donors (Lipinski definition) is 2. The van der Waals surface area contributed by atoms with Gasteiger partial charge in [-0.05, 0) is 7.05 Å². The average Bonchev–Trinajstić information content (AvgIpc) is 1.95. The van der Waals surface area contributed by atoms with E-state index in [2.05, 4.69) is 20.8 Å². The number of rotatable bonds is 2. The van der Waals surface area contributed by atoms with E-state index in [-0.39, 0.29) is 11.7 Å². The molecule has 56 valence electrons. The number of halogens is 1. The van der Waals surface area contributed by atoms with Crippen molar-refractivity contribution in [2.45, 2.75) is 11.7 Å². The van der Waals surface area contributed by atoms with Crippen LogP contribution in [0.5, 0.6) is 0 Å². The summed E-state index contributed by atoms with van der Waals surface area (Å²) >= 11 is 5.64. The van der Waals surface area contributed by atoms with E-state index in [1.807, 2.05) is 0 Å². The minimum absolute atomic E-state index is 0.157. The molecule has 4 nitrogen and oxygen atoms in total. The Hall–Kier alpha value is -0.450. The number of hydrazine groups is 1. The highest BCUT2D eigenvalue weighted by atomic mass is 35.5. The van der Waals surface area contributed by atoms with Gasteiger partial charge in [-0.1, -0.05) is 0 Å². The van der Waals surface area contributed by atoms with Crippen molar-refractivity contribution in [3.05, 3.63) is 0 Å². The molecule has 0 bridgehead atoms. The van der Waals surface area contributed by atoms with Gasteiger partial charge in [-0.3, -0.25) is 15.4 Å².